The van der Waals surface area contributed by atoms with Gasteiger partial charge in [-0.2, -0.15) is 0 Å². The molecule has 27 heavy (non-hydrogen) atoms. The minimum absolute atomic E-state index is 0.0380. The summed E-state index contributed by atoms with van der Waals surface area (Å²) in [5.41, 5.74) is 0.432. The van der Waals surface area contributed by atoms with Crippen LogP contribution in [0.2, 0.25) is 0 Å². The Kier molecular flexibility index (Phi) is 7.54. The highest BCUT2D eigenvalue weighted by Crippen LogP contribution is 2.20. The smallest absolute Gasteiger partial charge is 0.237 e. The predicted molar refractivity (Wildman–Crippen MR) is 96.5 cm³/mol. The number of piperazine rings is 1. The number of nitrogens with zero attached hydrogens (tertiary/aromatic N) is 1. The molecule has 0 radical (unpaired) electrons. The molecule has 1 aliphatic rings. The molecule has 148 valence electrons. The van der Waals surface area contributed by atoms with Crippen LogP contribution < -0.4 is 20.7 Å². The summed E-state index contributed by atoms with van der Waals surface area (Å²) in [7, 11) is 1.46. The van der Waals surface area contributed by atoms with E-state index in [1.165, 1.54) is 20.1 Å². The molecule has 3 N–H and O–H groups in total. The maximum atomic E-state index is 14.2. The molecule has 0 saturated carbocycles. The Morgan fingerprint density at radius 3 is 2.74 bits per heavy atom. The van der Waals surface area contributed by atoms with Crippen LogP contribution in [-0.4, -0.2) is 62.0 Å². The van der Waals surface area contributed by atoms with Crippen LogP contribution in [0.1, 0.15) is 18.9 Å². The fourth-order valence-corrected chi connectivity index (χ4v) is 2.86. The van der Waals surface area contributed by atoms with Gasteiger partial charge < -0.3 is 20.7 Å². The van der Waals surface area contributed by atoms with Crippen molar-refractivity contribution < 1.29 is 23.5 Å². The highest BCUT2D eigenvalue weighted by molar-refractivity contribution is 5.88. The number of carbonyl (C=O) groups is 3. The van der Waals surface area contributed by atoms with E-state index in [4.69, 9.17) is 4.74 Å². The summed E-state index contributed by atoms with van der Waals surface area (Å²) in [5.74, 6) is -0.736. The Labute approximate surface area is 157 Å². The summed E-state index contributed by atoms with van der Waals surface area (Å²) >= 11 is 0. The van der Waals surface area contributed by atoms with Crippen molar-refractivity contribution in [3.63, 3.8) is 0 Å². The number of methoxy groups -OCH3 is 1. The summed E-state index contributed by atoms with van der Waals surface area (Å²) in [6.07, 6.45) is -0.0380. The first-order valence-corrected chi connectivity index (χ1v) is 8.76. The van der Waals surface area contributed by atoms with E-state index in [2.05, 4.69) is 16.0 Å². The molecule has 0 spiro atoms. The molecule has 1 atom stereocenters. The predicted octanol–water partition coefficient (Wildman–Crippen LogP) is -0.223. The maximum absolute atomic E-state index is 14.2. The van der Waals surface area contributed by atoms with E-state index in [-0.39, 0.29) is 37.2 Å². The normalized spacial score (nSPS) is 17.1. The first-order valence-electron chi connectivity index (χ1n) is 8.76. The minimum atomic E-state index is -0.680. The van der Waals surface area contributed by atoms with Gasteiger partial charge in [-0.25, -0.2) is 4.39 Å². The van der Waals surface area contributed by atoms with Gasteiger partial charge in [0.25, 0.3) is 0 Å². The standard InChI is InChI=1S/C18H25FN4O4/c1-12(24)20-5-6-21-17(25)10-16-18(26)22-7-8-23(16)11-13-3-4-14(27-2)9-15(13)19/h3-4,9,16H,5-8,10-11H2,1-2H3,(H,20,24)(H,21,25)(H,22,26)/t16-/m1/s1. The lowest BCUT2D eigenvalue weighted by molar-refractivity contribution is -0.134. The van der Waals surface area contributed by atoms with E-state index in [0.29, 0.717) is 30.9 Å². The second-order valence-electron chi connectivity index (χ2n) is 6.27. The van der Waals surface area contributed by atoms with Crippen molar-refractivity contribution in [2.75, 3.05) is 33.3 Å². The van der Waals surface area contributed by atoms with Crippen LogP contribution in [0.15, 0.2) is 18.2 Å². The summed E-state index contributed by atoms with van der Waals surface area (Å²) in [6, 6.07) is 3.89. The molecular weight excluding hydrogens is 355 g/mol. The van der Waals surface area contributed by atoms with E-state index < -0.39 is 11.9 Å². The summed E-state index contributed by atoms with van der Waals surface area (Å²) < 4.78 is 19.2. The highest BCUT2D eigenvalue weighted by atomic mass is 19.1. The van der Waals surface area contributed by atoms with E-state index in [9.17, 15) is 18.8 Å². The third-order valence-electron chi connectivity index (χ3n) is 4.28. The lowest BCUT2D eigenvalue weighted by atomic mass is 10.1. The lowest BCUT2D eigenvalue weighted by Gasteiger charge is -2.34. The van der Waals surface area contributed by atoms with Crippen molar-refractivity contribution in [1.82, 2.24) is 20.9 Å². The molecule has 2 rings (SSSR count). The molecule has 9 heteroatoms. The molecule has 0 bridgehead atoms. The van der Waals surface area contributed by atoms with Gasteiger partial charge in [-0.1, -0.05) is 6.07 Å². The van der Waals surface area contributed by atoms with Crippen LogP contribution in [0.3, 0.4) is 0 Å². The molecular formula is C18H25FN4O4. The number of hydrogen-bond donors (Lipinski definition) is 3. The number of carbonyl (C=O) groups excluding carboxylic acids is 3. The second kappa shape index (κ2) is 9.86. The highest BCUT2D eigenvalue weighted by Gasteiger charge is 2.32. The molecule has 1 aromatic carbocycles. The number of ether oxygens (including phenoxy) is 1. The van der Waals surface area contributed by atoms with E-state index >= 15 is 0 Å². The van der Waals surface area contributed by atoms with Gasteiger partial charge in [0, 0.05) is 51.3 Å². The van der Waals surface area contributed by atoms with Crippen molar-refractivity contribution in [3.05, 3.63) is 29.6 Å². The Bertz CT molecular complexity index is 698. The van der Waals surface area contributed by atoms with E-state index in [1.54, 1.807) is 17.0 Å². The number of nitrogens with one attached hydrogen (secondary N) is 3. The van der Waals surface area contributed by atoms with Crippen LogP contribution in [0.25, 0.3) is 0 Å². The monoisotopic (exact) mass is 380 g/mol. The Morgan fingerprint density at radius 2 is 2.07 bits per heavy atom. The van der Waals surface area contributed by atoms with E-state index in [0.717, 1.165) is 0 Å². The first kappa shape index (κ1) is 20.6. The molecule has 0 unspecified atom stereocenters. The molecule has 0 aromatic heterocycles. The fraction of sp³-hybridized carbons (Fsp3) is 0.500. The van der Waals surface area contributed by atoms with Crippen molar-refractivity contribution in [3.8, 4) is 5.75 Å². The van der Waals surface area contributed by atoms with Gasteiger partial charge in [0.05, 0.1) is 19.6 Å². The zero-order valence-corrected chi connectivity index (χ0v) is 15.5. The molecule has 8 nitrogen and oxygen atoms in total. The Balaban J connectivity index is 1.96. The third-order valence-corrected chi connectivity index (χ3v) is 4.28. The van der Waals surface area contributed by atoms with Crippen molar-refractivity contribution in [1.29, 1.82) is 0 Å². The average molecular weight is 380 g/mol. The number of rotatable bonds is 8. The molecule has 1 saturated heterocycles. The van der Waals surface area contributed by atoms with Crippen LogP contribution in [0, 0.1) is 5.82 Å². The minimum Gasteiger partial charge on any atom is -0.497 e. The number of halogens is 1. The molecule has 0 aliphatic carbocycles. The molecule has 1 aliphatic heterocycles. The average Bonchev–Trinajstić information content (AvgIpc) is 2.63. The largest absolute Gasteiger partial charge is 0.497 e. The van der Waals surface area contributed by atoms with Gasteiger partial charge >= 0.3 is 0 Å². The number of amides is 3. The van der Waals surface area contributed by atoms with Crippen molar-refractivity contribution in [2.45, 2.75) is 25.9 Å². The maximum Gasteiger partial charge on any atom is 0.237 e. The van der Waals surface area contributed by atoms with Crippen LogP contribution in [0.5, 0.6) is 5.75 Å². The van der Waals surface area contributed by atoms with Crippen molar-refractivity contribution >= 4 is 17.7 Å². The van der Waals surface area contributed by atoms with Crippen molar-refractivity contribution in [2.24, 2.45) is 0 Å². The van der Waals surface area contributed by atoms with Gasteiger partial charge in [0.2, 0.25) is 17.7 Å². The van der Waals surface area contributed by atoms with Gasteiger partial charge in [0.1, 0.15) is 11.6 Å². The quantitative estimate of drug-likeness (QED) is 0.542. The van der Waals surface area contributed by atoms with Crippen LogP contribution >= 0.6 is 0 Å². The third kappa shape index (κ3) is 6.21. The first-order chi connectivity index (χ1) is 12.9. The van der Waals surface area contributed by atoms with Gasteiger partial charge in [0.15, 0.2) is 0 Å². The molecule has 1 fully saturated rings. The molecule has 3 amide bonds. The molecule has 1 aromatic rings. The number of benzene rings is 1. The zero-order chi connectivity index (χ0) is 19.8. The lowest BCUT2D eigenvalue weighted by Crippen LogP contribution is -2.56. The summed E-state index contributed by atoms with van der Waals surface area (Å²) in [4.78, 5) is 37.0. The van der Waals surface area contributed by atoms with Crippen LogP contribution in [-0.2, 0) is 20.9 Å². The van der Waals surface area contributed by atoms with Crippen LogP contribution in [0.4, 0.5) is 4.39 Å². The summed E-state index contributed by atoms with van der Waals surface area (Å²) in [6.45, 7) is 3.16. The van der Waals surface area contributed by atoms with E-state index in [1.807, 2.05) is 0 Å². The Hall–Kier alpha value is -2.68. The Morgan fingerprint density at radius 1 is 1.33 bits per heavy atom. The van der Waals surface area contributed by atoms with Gasteiger partial charge in [-0.3, -0.25) is 19.3 Å². The molecule has 1 heterocycles. The summed E-state index contributed by atoms with van der Waals surface area (Å²) in [5, 5.41) is 7.98. The fourth-order valence-electron chi connectivity index (χ4n) is 2.86. The SMILES string of the molecule is COc1ccc(CN2CCNC(=O)[C@H]2CC(=O)NCCNC(C)=O)c(F)c1. The zero-order valence-electron chi connectivity index (χ0n) is 15.5. The van der Waals surface area contributed by atoms with Gasteiger partial charge in [-0.15, -0.1) is 0 Å². The number of hydrogen-bond acceptors (Lipinski definition) is 5. The second-order valence-corrected chi connectivity index (χ2v) is 6.27. The van der Waals surface area contributed by atoms with Gasteiger partial charge in [-0.05, 0) is 6.07 Å². The topological polar surface area (TPSA) is 99.8 Å².